The number of benzene rings is 1. The van der Waals surface area contributed by atoms with Crippen LogP contribution in [0.5, 0.6) is 11.5 Å². The molecule has 1 aliphatic heterocycles. The van der Waals surface area contributed by atoms with Crippen molar-refractivity contribution in [2.45, 2.75) is 18.8 Å². The Kier molecular flexibility index (Phi) is 5.09. The maximum absolute atomic E-state index is 13.2. The number of carbonyl (C=O) groups excluding carboxylic acids is 5. The minimum absolute atomic E-state index is 0.0396. The maximum Gasteiger partial charge on any atom is 0.328 e. The van der Waals surface area contributed by atoms with Gasteiger partial charge in [-0.2, -0.15) is 4.90 Å². The lowest BCUT2D eigenvalue weighted by atomic mass is 9.59. The number of methoxy groups -OCH3 is 1. The highest BCUT2D eigenvalue weighted by atomic mass is 79.9. The van der Waals surface area contributed by atoms with Crippen molar-refractivity contribution in [3.63, 3.8) is 0 Å². The maximum atomic E-state index is 13.2. The Hall–Kier alpha value is -3.53. The van der Waals surface area contributed by atoms with Crippen LogP contribution < -0.4 is 10.5 Å². The van der Waals surface area contributed by atoms with Crippen molar-refractivity contribution in [1.82, 2.24) is 4.90 Å². The third kappa shape index (κ3) is 3.01. The smallest absolute Gasteiger partial charge is 0.328 e. The van der Waals surface area contributed by atoms with Crippen LogP contribution in [0, 0.1) is 17.8 Å². The number of urea groups is 1. The molecule has 0 saturated carbocycles. The van der Waals surface area contributed by atoms with Crippen molar-refractivity contribution in [3.8, 4) is 11.5 Å². The van der Waals surface area contributed by atoms with E-state index in [0.29, 0.717) is 21.8 Å². The summed E-state index contributed by atoms with van der Waals surface area (Å²) < 4.78 is 5.59. The summed E-state index contributed by atoms with van der Waals surface area (Å²) in [5, 5.41) is 9.95. The molecule has 1 saturated heterocycles. The zero-order valence-electron chi connectivity index (χ0n) is 17.9. The van der Waals surface area contributed by atoms with Gasteiger partial charge in [-0.1, -0.05) is 17.7 Å². The Balaban J connectivity index is 1.72. The van der Waals surface area contributed by atoms with Gasteiger partial charge in [0.1, 0.15) is 11.5 Å². The number of nitrogens with zero attached hydrogens (tertiary/aromatic N) is 1. The van der Waals surface area contributed by atoms with Gasteiger partial charge in [-0.25, -0.2) is 4.79 Å². The van der Waals surface area contributed by atoms with Crippen molar-refractivity contribution in [3.05, 3.63) is 57.1 Å². The van der Waals surface area contributed by atoms with Crippen LogP contribution in [-0.2, 0) is 19.2 Å². The summed E-state index contributed by atoms with van der Waals surface area (Å²) in [5.74, 6) is -4.78. The van der Waals surface area contributed by atoms with Crippen LogP contribution in [0.2, 0.25) is 0 Å². The number of amides is 4. The number of primary amides is 1. The lowest BCUT2D eigenvalue weighted by Crippen LogP contribution is -2.42. The number of hydrogen-bond donors (Lipinski definition) is 2. The predicted octanol–water partition coefficient (Wildman–Crippen LogP) is 2.24. The molecule has 34 heavy (non-hydrogen) atoms. The molecule has 0 radical (unpaired) electrons. The Morgan fingerprint density at radius 2 is 1.91 bits per heavy atom. The molecular weight excluding hydrogens is 508 g/mol. The van der Waals surface area contributed by atoms with Gasteiger partial charge in [-0.3, -0.25) is 19.2 Å². The number of halogens is 1. The van der Waals surface area contributed by atoms with E-state index in [1.54, 1.807) is 6.07 Å². The average molecular weight is 527 g/mol. The molecule has 4 amide bonds. The normalized spacial score (nSPS) is 28.2. The van der Waals surface area contributed by atoms with Crippen LogP contribution in [0.1, 0.15) is 24.3 Å². The fraction of sp³-hybridized carbons (Fsp3) is 0.292. The van der Waals surface area contributed by atoms with Crippen molar-refractivity contribution < 1.29 is 33.8 Å². The van der Waals surface area contributed by atoms with Gasteiger partial charge in [0.25, 0.3) is 0 Å². The topological polar surface area (TPSA) is 144 Å². The number of hydrogen-bond acceptors (Lipinski definition) is 7. The second-order valence-electron chi connectivity index (χ2n) is 8.67. The number of phenols is 1. The van der Waals surface area contributed by atoms with E-state index >= 15 is 0 Å². The first-order chi connectivity index (χ1) is 16.1. The number of allylic oxidation sites excluding steroid dienone is 6. The van der Waals surface area contributed by atoms with Crippen molar-refractivity contribution in [1.29, 1.82) is 0 Å². The summed E-state index contributed by atoms with van der Waals surface area (Å²) in [4.78, 5) is 64.5. The van der Waals surface area contributed by atoms with Gasteiger partial charge in [0.05, 0.1) is 23.4 Å². The fourth-order valence-electron chi connectivity index (χ4n) is 5.72. The van der Waals surface area contributed by atoms with E-state index in [2.05, 4.69) is 15.9 Å². The number of nitrogens with two attached hydrogens (primary N) is 1. The number of likely N-dealkylation sites (tertiary alicyclic amines) is 1. The lowest BCUT2D eigenvalue weighted by molar-refractivity contribution is -0.136. The summed E-state index contributed by atoms with van der Waals surface area (Å²) in [6.45, 7) is 0. The molecule has 1 fully saturated rings. The highest BCUT2D eigenvalue weighted by Gasteiger charge is 2.57. The molecule has 3 N–H and O–H groups in total. The molecule has 0 aromatic heterocycles. The van der Waals surface area contributed by atoms with Gasteiger partial charge in [-0.15, -0.1) is 0 Å². The number of phenolic OH excluding ortho intramolecular Hbond substituents is 1. The monoisotopic (exact) mass is 526 g/mol. The molecule has 1 aromatic rings. The molecule has 0 spiro atoms. The molecule has 1 heterocycles. The van der Waals surface area contributed by atoms with Gasteiger partial charge in [0.2, 0.25) is 11.8 Å². The van der Waals surface area contributed by atoms with Crippen molar-refractivity contribution in [2.24, 2.45) is 23.5 Å². The van der Waals surface area contributed by atoms with E-state index < -0.39 is 41.5 Å². The standard InChI is InChI=1S/C24H19BrN2O7/c1-34-17-6-9(28)2-3-11(17)18-10-4-5-12-19(23(32)27(22(12)31)24(26)33)13(10)7-14-20(18)16(29)8-15(25)21(14)30/h2-4,6,8,12-13,18-19,28H,5,7H2,1H3,(H2,26,33). The van der Waals surface area contributed by atoms with Gasteiger partial charge in [0, 0.05) is 34.8 Å². The lowest BCUT2D eigenvalue weighted by Gasteiger charge is -2.42. The zero-order chi connectivity index (χ0) is 24.5. The molecule has 4 atom stereocenters. The van der Waals surface area contributed by atoms with E-state index in [1.807, 2.05) is 6.08 Å². The van der Waals surface area contributed by atoms with Crippen LogP contribution in [0.15, 0.2) is 51.6 Å². The molecule has 174 valence electrons. The molecule has 9 nitrogen and oxygen atoms in total. The van der Waals surface area contributed by atoms with E-state index in [9.17, 15) is 29.1 Å². The molecule has 0 bridgehead atoms. The average Bonchev–Trinajstić information content (AvgIpc) is 3.06. The summed E-state index contributed by atoms with van der Waals surface area (Å²) in [5.41, 5.74) is 7.07. The highest BCUT2D eigenvalue weighted by molar-refractivity contribution is 9.12. The van der Waals surface area contributed by atoms with E-state index in [4.69, 9.17) is 10.5 Å². The number of carbonyl (C=O) groups is 5. The first-order valence-corrected chi connectivity index (χ1v) is 11.4. The van der Waals surface area contributed by atoms with Crippen LogP contribution in [0.4, 0.5) is 4.79 Å². The third-order valence-corrected chi connectivity index (χ3v) is 7.67. The molecule has 4 aliphatic rings. The van der Waals surface area contributed by atoms with Crippen molar-refractivity contribution >= 4 is 45.3 Å². The number of ketones is 2. The van der Waals surface area contributed by atoms with E-state index in [-0.39, 0.29) is 45.8 Å². The van der Waals surface area contributed by atoms with Crippen LogP contribution in [-0.4, -0.2) is 46.5 Å². The minimum atomic E-state index is -1.13. The summed E-state index contributed by atoms with van der Waals surface area (Å²) in [7, 11) is 1.42. The Labute approximate surface area is 202 Å². The van der Waals surface area contributed by atoms with E-state index in [0.717, 1.165) is 0 Å². The Morgan fingerprint density at radius 1 is 1.18 bits per heavy atom. The highest BCUT2D eigenvalue weighted by Crippen LogP contribution is 2.56. The summed E-state index contributed by atoms with van der Waals surface area (Å²) in [6, 6.07) is 3.34. The van der Waals surface area contributed by atoms with Gasteiger partial charge < -0.3 is 15.6 Å². The summed E-state index contributed by atoms with van der Waals surface area (Å²) in [6.07, 6.45) is 3.30. The first kappa shape index (κ1) is 22.3. The van der Waals surface area contributed by atoms with Crippen LogP contribution >= 0.6 is 15.9 Å². The van der Waals surface area contributed by atoms with Crippen LogP contribution in [0.25, 0.3) is 0 Å². The summed E-state index contributed by atoms with van der Waals surface area (Å²) >= 11 is 3.16. The largest absolute Gasteiger partial charge is 0.508 e. The molecule has 4 unspecified atom stereocenters. The molecule has 1 aromatic carbocycles. The quantitative estimate of drug-likeness (QED) is 0.341. The van der Waals surface area contributed by atoms with Gasteiger partial charge in [0.15, 0.2) is 11.6 Å². The van der Waals surface area contributed by atoms with E-state index in [1.165, 1.54) is 25.3 Å². The number of imide groups is 3. The number of Topliss-reactive ketones (excluding diaryl/α,β-unsaturated/α-hetero) is 1. The first-order valence-electron chi connectivity index (χ1n) is 10.6. The second-order valence-corrected chi connectivity index (χ2v) is 9.52. The van der Waals surface area contributed by atoms with Crippen molar-refractivity contribution in [2.75, 3.05) is 7.11 Å². The zero-order valence-corrected chi connectivity index (χ0v) is 19.5. The molecule has 3 aliphatic carbocycles. The fourth-order valence-corrected chi connectivity index (χ4v) is 6.16. The number of rotatable bonds is 2. The molecule has 5 rings (SSSR count). The third-order valence-electron chi connectivity index (χ3n) is 7.08. The minimum Gasteiger partial charge on any atom is -0.508 e. The van der Waals surface area contributed by atoms with Gasteiger partial charge in [-0.05, 0) is 40.8 Å². The number of ether oxygens (including phenoxy) is 1. The number of aromatic hydroxyl groups is 1. The Morgan fingerprint density at radius 3 is 2.59 bits per heavy atom. The second kappa shape index (κ2) is 7.76. The number of fused-ring (bicyclic) bond motifs is 3. The molecular formula is C24H19BrN2O7. The predicted molar refractivity (Wildman–Crippen MR) is 121 cm³/mol. The Bertz CT molecular complexity index is 1310. The van der Waals surface area contributed by atoms with Crippen LogP contribution in [0.3, 0.4) is 0 Å². The SMILES string of the molecule is COc1cc(O)ccc1C1C2=CCC3C(=O)N(C(N)=O)C(=O)C3C2CC2=C1C(=O)C=C(Br)C2=O. The van der Waals surface area contributed by atoms with Gasteiger partial charge >= 0.3 is 6.03 Å². The molecule has 10 heteroatoms.